The summed E-state index contributed by atoms with van der Waals surface area (Å²) < 4.78 is 7.12. The number of hydrogen-bond acceptors (Lipinski definition) is 4. The topological polar surface area (TPSA) is 48.1 Å². The van der Waals surface area contributed by atoms with Crippen LogP contribution in [-0.4, -0.2) is 4.98 Å². The lowest BCUT2D eigenvalue weighted by Crippen LogP contribution is -1.97. The van der Waals surface area contributed by atoms with Crippen molar-refractivity contribution in [3.63, 3.8) is 0 Å². The number of nitrogen functional groups attached to an aromatic ring is 1. The zero-order valence-corrected chi connectivity index (χ0v) is 14.8. The van der Waals surface area contributed by atoms with Crippen molar-refractivity contribution in [3.8, 4) is 16.9 Å². The number of anilines is 1. The first-order chi connectivity index (χ1) is 12.2. The number of halogens is 1. The molecule has 25 heavy (non-hydrogen) atoms. The summed E-state index contributed by atoms with van der Waals surface area (Å²) in [4.78, 5) is 4.31. The Labute approximate surface area is 154 Å². The normalized spacial score (nSPS) is 10.9. The van der Waals surface area contributed by atoms with Crippen LogP contribution >= 0.6 is 22.9 Å². The van der Waals surface area contributed by atoms with Gasteiger partial charge in [0.25, 0.3) is 0 Å². The Hall–Kier alpha value is -2.56. The summed E-state index contributed by atoms with van der Waals surface area (Å²) >= 11 is 7.70. The molecule has 4 aromatic rings. The van der Waals surface area contributed by atoms with E-state index < -0.39 is 0 Å². The summed E-state index contributed by atoms with van der Waals surface area (Å²) in [6.45, 7) is 0.423. The monoisotopic (exact) mass is 366 g/mol. The second-order valence-electron chi connectivity index (χ2n) is 5.61. The van der Waals surface area contributed by atoms with Gasteiger partial charge in [-0.3, -0.25) is 0 Å². The number of fused-ring (bicyclic) bond motifs is 1. The molecule has 0 radical (unpaired) electrons. The molecule has 0 spiro atoms. The zero-order valence-electron chi connectivity index (χ0n) is 13.3. The van der Waals surface area contributed by atoms with Crippen molar-refractivity contribution in [1.82, 2.24) is 4.98 Å². The van der Waals surface area contributed by atoms with Crippen molar-refractivity contribution in [1.29, 1.82) is 0 Å². The lowest BCUT2D eigenvalue weighted by atomic mass is 10.0. The molecule has 1 aromatic heterocycles. The van der Waals surface area contributed by atoms with Crippen molar-refractivity contribution < 1.29 is 4.74 Å². The van der Waals surface area contributed by atoms with E-state index in [1.807, 2.05) is 60.7 Å². The van der Waals surface area contributed by atoms with Gasteiger partial charge in [0.15, 0.2) is 5.13 Å². The summed E-state index contributed by atoms with van der Waals surface area (Å²) in [6, 6.07) is 21.8. The summed E-state index contributed by atoms with van der Waals surface area (Å²) in [6.07, 6.45) is 0. The van der Waals surface area contributed by atoms with Crippen LogP contribution in [0.5, 0.6) is 5.75 Å². The van der Waals surface area contributed by atoms with Crippen LogP contribution in [0.25, 0.3) is 21.3 Å². The molecule has 5 heteroatoms. The average molecular weight is 367 g/mol. The van der Waals surface area contributed by atoms with E-state index in [2.05, 4.69) is 11.1 Å². The third kappa shape index (κ3) is 3.31. The lowest BCUT2D eigenvalue weighted by molar-refractivity contribution is 0.307. The van der Waals surface area contributed by atoms with E-state index in [-0.39, 0.29) is 0 Å². The molecule has 0 saturated heterocycles. The molecular weight excluding hydrogens is 352 g/mol. The van der Waals surface area contributed by atoms with Crippen LogP contribution in [0.1, 0.15) is 5.56 Å². The van der Waals surface area contributed by atoms with E-state index in [0.29, 0.717) is 16.8 Å². The molecule has 0 aliphatic rings. The second kappa shape index (κ2) is 6.75. The fraction of sp³-hybridized carbons (Fsp3) is 0.0500. The minimum absolute atomic E-state index is 0.423. The van der Waals surface area contributed by atoms with Crippen LogP contribution in [0.4, 0.5) is 5.13 Å². The molecule has 4 rings (SSSR count). The molecule has 0 amide bonds. The maximum atomic E-state index is 6.22. The fourth-order valence-corrected chi connectivity index (χ4v) is 3.68. The Morgan fingerprint density at radius 1 is 1.00 bits per heavy atom. The number of aromatic nitrogens is 1. The first kappa shape index (κ1) is 15.9. The summed E-state index contributed by atoms with van der Waals surface area (Å²) in [5, 5.41) is 1.29. The first-order valence-corrected chi connectivity index (χ1v) is 9.02. The number of ether oxygens (including phenoxy) is 1. The predicted octanol–water partition coefficient (Wildman–Crippen LogP) is 5.78. The Morgan fingerprint density at radius 3 is 2.68 bits per heavy atom. The van der Waals surface area contributed by atoms with Gasteiger partial charge in [0.05, 0.1) is 10.2 Å². The SMILES string of the molecule is Nc1nc2ccc(-c3ccccc3OCc3ccccc3Cl)cc2s1. The zero-order chi connectivity index (χ0) is 17.2. The number of rotatable bonds is 4. The van der Waals surface area contributed by atoms with Gasteiger partial charge in [0.2, 0.25) is 0 Å². The molecule has 0 bridgehead atoms. The number of benzene rings is 3. The molecule has 0 saturated carbocycles. The van der Waals surface area contributed by atoms with Crippen molar-refractivity contribution in [2.24, 2.45) is 0 Å². The van der Waals surface area contributed by atoms with Crippen molar-refractivity contribution in [3.05, 3.63) is 77.3 Å². The molecule has 0 aliphatic heterocycles. The quantitative estimate of drug-likeness (QED) is 0.498. The number of hydrogen-bond donors (Lipinski definition) is 1. The fourth-order valence-electron chi connectivity index (χ4n) is 2.71. The number of nitrogens with zero attached hydrogens (tertiary/aromatic N) is 1. The van der Waals surface area contributed by atoms with Gasteiger partial charge in [-0.25, -0.2) is 4.98 Å². The third-order valence-electron chi connectivity index (χ3n) is 3.94. The molecule has 3 aromatic carbocycles. The molecule has 1 heterocycles. The highest BCUT2D eigenvalue weighted by Gasteiger charge is 2.09. The molecule has 3 nitrogen and oxygen atoms in total. The second-order valence-corrected chi connectivity index (χ2v) is 7.08. The van der Waals surface area contributed by atoms with Gasteiger partial charge >= 0.3 is 0 Å². The Balaban J connectivity index is 1.67. The van der Waals surface area contributed by atoms with Gasteiger partial charge in [0, 0.05) is 16.1 Å². The summed E-state index contributed by atoms with van der Waals surface area (Å²) in [5.41, 5.74) is 9.79. The van der Waals surface area contributed by atoms with Gasteiger partial charge in [-0.15, -0.1) is 0 Å². The molecule has 0 unspecified atom stereocenters. The molecule has 2 N–H and O–H groups in total. The largest absolute Gasteiger partial charge is 0.488 e. The van der Waals surface area contributed by atoms with Gasteiger partial charge in [0.1, 0.15) is 12.4 Å². The Kier molecular flexibility index (Phi) is 4.30. The average Bonchev–Trinajstić information content (AvgIpc) is 3.00. The van der Waals surface area contributed by atoms with Crippen LogP contribution in [0.15, 0.2) is 66.7 Å². The lowest BCUT2D eigenvalue weighted by Gasteiger charge is -2.12. The predicted molar refractivity (Wildman–Crippen MR) is 105 cm³/mol. The van der Waals surface area contributed by atoms with Crippen LogP contribution in [0.2, 0.25) is 5.02 Å². The highest BCUT2D eigenvalue weighted by atomic mass is 35.5. The number of thiazole rings is 1. The van der Waals surface area contributed by atoms with Gasteiger partial charge < -0.3 is 10.5 Å². The molecule has 0 fully saturated rings. The maximum absolute atomic E-state index is 6.22. The van der Waals surface area contributed by atoms with Crippen molar-refractivity contribution in [2.75, 3.05) is 5.73 Å². The minimum Gasteiger partial charge on any atom is -0.488 e. The number of nitrogens with two attached hydrogens (primary N) is 1. The first-order valence-electron chi connectivity index (χ1n) is 7.82. The van der Waals surface area contributed by atoms with Crippen LogP contribution in [-0.2, 0) is 6.61 Å². The van der Waals surface area contributed by atoms with Gasteiger partial charge in [-0.05, 0) is 29.8 Å². The summed E-state index contributed by atoms with van der Waals surface area (Å²) in [7, 11) is 0. The Bertz CT molecular complexity index is 1040. The number of para-hydroxylation sites is 1. The molecule has 0 atom stereocenters. The van der Waals surface area contributed by atoms with Crippen molar-refractivity contribution >= 4 is 38.3 Å². The standard InChI is InChI=1S/C20H15ClN2OS/c21-16-7-3-1-5-14(16)12-24-18-8-4-2-6-15(18)13-9-10-17-19(11-13)25-20(22)23-17/h1-11H,12H2,(H2,22,23). The highest BCUT2D eigenvalue weighted by molar-refractivity contribution is 7.22. The maximum Gasteiger partial charge on any atom is 0.181 e. The van der Waals surface area contributed by atoms with Crippen LogP contribution < -0.4 is 10.5 Å². The molecular formula is C20H15ClN2OS. The smallest absolute Gasteiger partial charge is 0.181 e. The van der Waals surface area contributed by atoms with Crippen LogP contribution in [0, 0.1) is 0 Å². The van der Waals surface area contributed by atoms with E-state index >= 15 is 0 Å². The highest BCUT2D eigenvalue weighted by Crippen LogP contribution is 2.34. The Morgan fingerprint density at radius 2 is 1.80 bits per heavy atom. The minimum atomic E-state index is 0.423. The van der Waals surface area contributed by atoms with E-state index in [1.165, 1.54) is 11.3 Å². The van der Waals surface area contributed by atoms with Gasteiger partial charge in [-0.2, -0.15) is 0 Å². The van der Waals surface area contributed by atoms with Crippen LogP contribution in [0.3, 0.4) is 0 Å². The molecule has 124 valence electrons. The van der Waals surface area contributed by atoms with Gasteiger partial charge in [-0.1, -0.05) is 65.4 Å². The summed E-state index contributed by atoms with van der Waals surface area (Å²) in [5.74, 6) is 0.819. The third-order valence-corrected chi connectivity index (χ3v) is 5.16. The van der Waals surface area contributed by atoms with E-state index in [0.717, 1.165) is 32.7 Å². The van der Waals surface area contributed by atoms with E-state index in [4.69, 9.17) is 22.1 Å². The van der Waals surface area contributed by atoms with E-state index in [1.54, 1.807) is 0 Å². The van der Waals surface area contributed by atoms with Crippen molar-refractivity contribution in [2.45, 2.75) is 6.61 Å². The van der Waals surface area contributed by atoms with E-state index in [9.17, 15) is 0 Å². The molecule has 0 aliphatic carbocycles.